The van der Waals surface area contributed by atoms with E-state index in [0.29, 0.717) is 11.3 Å². The molecule has 0 aromatic heterocycles. The smallest absolute Gasteiger partial charge is 0.319 e. The van der Waals surface area contributed by atoms with Gasteiger partial charge in [0, 0.05) is 10.6 Å². The number of hydrogen-bond acceptors (Lipinski definition) is 5. The summed E-state index contributed by atoms with van der Waals surface area (Å²) in [5.74, 6) is -2.09. The molecule has 1 amide bonds. The van der Waals surface area contributed by atoms with Crippen molar-refractivity contribution in [2.75, 3.05) is 18.5 Å². The van der Waals surface area contributed by atoms with E-state index in [-0.39, 0.29) is 6.61 Å². The van der Waals surface area contributed by atoms with Crippen LogP contribution in [0, 0.1) is 15.5 Å². The van der Waals surface area contributed by atoms with Crippen molar-refractivity contribution >= 4 is 17.6 Å². The summed E-state index contributed by atoms with van der Waals surface area (Å²) in [7, 11) is 0. The van der Waals surface area contributed by atoms with Gasteiger partial charge < -0.3 is 10.1 Å². The molecule has 0 saturated heterocycles. The van der Waals surface area contributed by atoms with Crippen molar-refractivity contribution in [2.45, 2.75) is 19.8 Å². The molecule has 0 bridgehead atoms. The van der Waals surface area contributed by atoms with E-state index < -0.39 is 34.7 Å². The molecule has 0 aliphatic carbocycles. The summed E-state index contributed by atoms with van der Waals surface area (Å²) in [6, 6.07) is 6.86. The SMILES string of the molecule is CCOC(=O)[C@@](C)(C[N+](=O)[O-])C1C(=O)Nc2ccccc21. The molecule has 7 nitrogen and oxygen atoms in total. The Morgan fingerprint density at radius 3 is 2.76 bits per heavy atom. The van der Waals surface area contributed by atoms with Gasteiger partial charge in [-0.2, -0.15) is 0 Å². The highest BCUT2D eigenvalue weighted by Gasteiger charge is 2.54. The summed E-state index contributed by atoms with van der Waals surface area (Å²) >= 11 is 0. The molecule has 7 heteroatoms. The summed E-state index contributed by atoms with van der Waals surface area (Å²) in [5, 5.41) is 13.6. The minimum Gasteiger partial charge on any atom is -0.465 e. The molecule has 1 unspecified atom stereocenters. The van der Waals surface area contributed by atoms with Crippen LogP contribution in [0.15, 0.2) is 24.3 Å². The zero-order valence-corrected chi connectivity index (χ0v) is 11.8. The van der Waals surface area contributed by atoms with Crippen LogP contribution < -0.4 is 5.32 Å². The van der Waals surface area contributed by atoms with Gasteiger partial charge in [0.25, 0.3) is 0 Å². The van der Waals surface area contributed by atoms with Crippen LogP contribution in [0.2, 0.25) is 0 Å². The van der Waals surface area contributed by atoms with Crippen molar-refractivity contribution in [3.05, 3.63) is 39.9 Å². The van der Waals surface area contributed by atoms with Crippen LogP contribution in [0.1, 0.15) is 25.3 Å². The Kier molecular flexibility index (Phi) is 3.93. The molecule has 1 aromatic rings. The number of anilines is 1. The molecule has 112 valence electrons. The van der Waals surface area contributed by atoms with Gasteiger partial charge >= 0.3 is 5.97 Å². The van der Waals surface area contributed by atoms with Gasteiger partial charge in [-0.25, -0.2) is 0 Å². The van der Waals surface area contributed by atoms with Crippen molar-refractivity contribution in [1.29, 1.82) is 0 Å². The highest BCUT2D eigenvalue weighted by molar-refractivity contribution is 6.06. The van der Waals surface area contributed by atoms with E-state index in [1.165, 1.54) is 6.92 Å². The lowest BCUT2D eigenvalue weighted by atomic mass is 9.74. The minimum atomic E-state index is -1.55. The standard InChI is InChI=1S/C14H16N2O5/c1-3-21-13(18)14(2,8-16(19)20)11-9-6-4-5-7-10(9)15-12(11)17/h4-7,11H,3,8H2,1-2H3,(H,15,17)/t11?,14-/m0/s1. The van der Waals surface area contributed by atoms with E-state index in [1.807, 2.05) is 0 Å². The summed E-state index contributed by atoms with van der Waals surface area (Å²) in [5.41, 5.74) is -0.387. The summed E-state index contributed by atoms with van der Waals surface area (Å²) in [6.45, 7) is 2.45. The van der Waals surface area contributed by atoms with Crippen LogP contribution in [0.25, 0.3) is 0 Å². The molecule has 0 saturated carbocycles. The Hall–Kier alpha value is -2.44. The first-order valence-electron chi connectivity index (χ1n) is 6.59. The molecule has 1 aromatic carbocycles. The van der Waals surface area contributed by atoms with Crippen LogP contribution in [-0.2, 0) is 14.3 Å². The highest BCUT2D eigenvalue weighted by Crippen LogP contribution is 2.44. The molecule has 1 N–H and O–H groups in total. The number of nitrogens with zero attached hydrogens (tertiary/aromatic N) is 1. The van der Waals surface area contributed by atoms with Gasteiger partial charge in [0.1, 0.15) is 5.41 Å². The summed E-state index contributed by atoms with van der Waals surface area (Å²) in [6.07, 6.45) is 0. The lowest BCUT2D eigenvalue weighted by molar-refractivity contribution is -0.494. The fraction of sp³-hybridized carbons (Fsp3) is 0.429. The fourth-order valence-electron chi connectivity index (χ4n) is 2.68. The third kappa shape index (κ3) is 2.58. The minimum absolute atomic E-state index is 0.0993. The lowest BCUT2D eigenvalue weighted by Crippen LogP contribution is -2.44. The summed E-state index contributed by atoms with van der Waals surface area (Å²) < 4.78 is 4.96. The third-order valence-corrected chi connectivity index (χ3v) is 3.63. The number of carbonyl (C=O) groups is 2. The molecule has 0 fully saturated rings. The molecule has 21 heavy (non-hydrogen) atoms. The van der Waals surface area contributed by atoms with E-state index in [0.717, 1.165) is 0 Å². The highest BCUT2D eigenvalue weighted by atomic mass is 16.6. The van der Waals surface area contributed by atoms with E-state index in [2.05, 4.69) is 5.32 Å². The predicted molar refractivity (Wildman–Crippen MR) is 74.4 cm³/mol. The Bertz CT molecular complexity index is 601. The fourth-order valence-corrected chi connectivity index (χ4v) is 2.68. The third-order valence-electron chi connectivity index (χ3n) is 3.63. The average molecular weight is 292 g/mol. The molecule has 0 radical (unpaired) electrons. The van der Waals surface area contributed by atoms with Crippen LogP contribution in [-0.4, -0.2) is 30.0 Å². The molecule has 2 atom stereocenters. The number of carbonyl (C=O) groups excluding carboxylic acids is 2. The molecular formula is C14H16N2O5. The number of ether oxygens (including phenoxy) is 1. The first-order chi connectivity index (χ1) is 9.90. The largest absolute Gasteiger partial charge is 0.465 e. The average Bonchev–Trinajstić information content (AvgIpc) is 2.74. The summed E-state index contributed by atoms with van der Waals surface area (Å²) in [4.78, 5) is 34.8. The van der Waals surface area contributed by atoms with Crippen molar-refractivity contribution in [2.24, 2.45) is 5.41 Å². The Balaban J connectivity index is 2.48. The number of para-hydroxylation sites is 1. The maximum atomic E-state index is 12.2. The van der Waals surface area contributed by atoms with Gasteiger partial charge in [0.15, 0.2) is 0 Å². The Labute approximate surface area is 121 Å². The number of rotatable bonds is 5. The number of fused-ring (bicyclic) bond motifs is 1. The number of amides is 1. The quantitative estimate of drug-likeness (QED) is 0.504. The normalized spacial score (nSPS) is 19.3. The monoisotopic (exact) mass is 292 g/mol. The predicted octanol–water partition coefficient (Wildman–Crippen LogP) is 1.57. The zero-order chi connectivity index (χ0) is 15.6. The van der Waals surface area contributed by atoms with Crippen LogP contribution in [0.3, 0.4) is 0 Å². The maximum Gasteiger partial charge on any atom is 0.319 e. The molecule has 1 heterocycles. The maximum absolute atomic E-state index is 12.2. The molecule has 0 spiro atoms. The first kappa shape index (κ1) is 15.0. The second kappa shape index (κ2) is 5.51. The van der Waals surface area contributed by atoms with Gasteiger partial charge in [-0.1, -0.05) is 18.2 Å². The van der Waals surface area contributed by atoms with E-state index >= 15 is 0 Å². The molecule has 1 aliphatic rings. The van der Waals surface area contributed by atoms with Crippen molar-refractivity contribution in [1.82, 2.24) is 0 Å². The second-order valence-electron chi connectivity index (χ2n) is 5.14. The van der Waals surface area contributed by atoms with E-state index in [1.54, 1.807) is 31.2 Å². The first-order valence-corrected chi connectivity index (χ1v) is 6.59. The zero-order valence-electron chi connectivity index (χ0n) is 11.8. The molecular weight excluding hydrogens is 276 g/mol. The number of esters is 1. The van der Waals surface area contributed by atoms with E-state index in [4.69, 9.17) is 4.74 Å². The van der Waals surface area contributed by atoms with Gasteiger partial charge in [-0.05, 0) is 25.5 Å². The van der Waals surface area contributed by atoms with Crippen LogP contribution in [0.4, 0.5) is 5.69 Å². The second-order valence-corrected chi connectivity index (χ2v) is 5.14. The van der Waals surface area contributed by atoms with E-state index in [9.17, 15) is 19.7 Å². The van der Waals surface area contributed by atoms with Gasteiger partial charge in [-0.3, -0.25) is 19.7 Å². The Morgan fingerprint density at radius 2 is 2.14 bits per heavy atom. The molecule has 2 rings (SSSR count). The number of nitrogens with one attached hydrogen (secondary N) is 1. The van der Waals surface area contributed by atoms with Crippen molar-refractivity contribution in [3.63, 3.8) is 0 Å². The topological polar surface area (TPSA) is 98.5 Å². The van der Waals surface area contributed by atoms with Gasteiger partial charge in [0.2, 0.25) is 12.5 Å². The van der Waals surface area contributed by atoms with Gasteiger partial charge in [0.05, 0.1) is 12.5 Å². The molecule has 1 aliphatic heterocycles. The van der Waals surface area contributed by atoms with Gasteiger partial charge in [-0.15, -0.1) is 0 Å². The van der Waals surface area contributed by atoms with Crippen LogP contribution >= 0.6 is 0 Å². The van der Waals surface area contributed by atoms with Crippen molar-refractivity contribution in [3.8, 4) is 0 Å². The number of benzene rings is 1. The number of hydrogen-bond donors (Lipinski definition) is 1. The Morgan fingerprint density at radius 1 is 1.48 bits per heavy atom. The van der Waals surface area contributed by atoms with Crippen molar-refractivity contribution < 1.29 is 19.2 Å². The number of nitro groups is 1. The lowest BCUT2D eigenvalue weighted by Gasteiger charge is -2.28. The van der Waals surface area contributed by atoms with Crippen LogP contribution in [0.5, 0.6) is 0 Å².